The van der Waals surface area contributed by atoms with Crippen molar-refractivity contribution in [3.8, 4) is 11.6 Å². The summed E-state index contributed by atoms with van der Waals surface area (Å²) in [5.41, 5.74) is 9.98. The zero-order chi connectivity index (χ0) is 23.3. The first-order valence-electron chi connectivity index (χ1n) is 11.8. The molecule has 8 nitrogen and oxygen atoms in total. The Morgan fingerprint density at radius 3 is 2.91 bits per heavy atom. The number of nitrogens with zero attached hydrogens (tertiary/aromatic N) is 4. The molecule has 0 bridgehead atoms. The van der Waals surface area contributed by atoms with E-state index < -0.39 is 0 Å². The lowest BCUT2D eigenvalue weighted by molar-refractivity contribution is -0.146. The highest BCUT2D eigenvalue weighted by molar-refractivity contribution is 5.84. The van der Waals surface area contributed by atoms with E-state index >= 15 is 0 Å². The maximum absolute atomic E-state index is 10.5. The normalized spacial score (nSPS) is 22.7. The van der Waals surface area contributed by atoms with Crippen molar-refractivity contribution in [1.82, 2.24) is 19.6 Å². The number of imidazole rings is 1. The summed E-state index contributed by atoms with van der Waals surface area (Å²) in [5, 5.41) is 13.0. The van der Waals surface area contributed by atoms with E-state index in [1.54, 1.807) is 6.33 Å². The van der Waals surface area contributed by atoms with Gasteiger partial charge in [-0.05, 0) is 42.7 Å². The number of pyridine rings is 1. The Kier molecular flexibility index (Phi) is 5.26. The molecule has 2 aliphatic heterocycles. The second kappa shape index (κ2) is 8.32. The van der Waals surface area contributed by atoms with Crippen LogP contribution in [0.1, 0.15) is 31.4 Å². The van der Waals surface area contributed by atoms with Crippen molar-refractivity contribution in [2.75, 3.05) is 26.4 Å². The van der Waals surface area contributed by atoms with Gasteiger partial charge in [-0.25, -0.2) is 9.97 Å². The maximum atomic E-state index is 10.5. The predicted molar refractivity (Wildman–Crippen MR) is 129 cm³/mol. The molecule has 34 heavy (non-hydrogen) atoms. The summed E-state index contributed by atoms with van der Waals surface area (Å²) in [5.74, 6) is 1.58. The van der Waals surface area contributed by atoms with E-state index in [0.29, 0.717) is 19.6 Å². The van der Waals surface area contributed by atoms with Gasteiger partial charge in [-0.2, -0.15) is 5.06 Å². The van der Waals surface area contributed by atoms with Crippen LogP contribution in [0.4, 0.5) is 0 Å². The number of para-hydroxylation sites is 1. The monoisotopic (exact) mass is 459 g/mol. The van der Waals surface area contributed by atoms with Crippen LogP contribution in [0.5, 0.6) is 5.75 Å². The molecule has 2 aliphatic rings. The van der Waals surface area contributed by atoms with Crippen LogP contribution in [0, 0.1) is 5.41 Å². The van der Waals surface area contributed by atoms with Crippen molar-refractivity contribution in [2.45, 2.75) is 31.8 Å². The SMILES string of the molecule is CC1(COc2ccc3c(c2)ncn3-c2ccc3cccc(C4CC(N)CCN4O)c3n2)COC1. The van der Waals surface area contributed by atoms with Gasteiger partial charge in [0.25, 0.3) is 0 Å². The molecule has 0 spiro atoms. The second-order valence-electron chi connectivity index (χ2n) is 9.91. The molecule has 176 valence electrons. The quantitative estimate of drug-likeness (QED) is 0.468. The van der Waals surface area contributed by atoms with Crippen LogP contribution in [-0.2, 0) is 4.74 Å². The molecule has 2 aromatic carbocycles. The molecule has 2 saturated heterocycles. The lowest BCUT2D eigenvalue weighted by Gasteiger charge is -2.37. The number of piperidine rings is 1. The van der Waals surface area contributed by atoms with E-state index in [0.717, 1.165) is 58.7 Å². The Labute approximate surface area is 197 Å². The van der Waals surface area contributed by atoms with E-state index in [1.165, 1.54) is 5.06 Å². The zero-order valence-corrected chi connectivity index (χ0v) is 19.2. The second-order valence-corrected chi connectivity index (χ2v) is 9.91. The van der Waals surface area contributed by atoms with E-state index in [2.05, 4.69) is 18.0 Å². The number of fused-ring (bicyclic) bond motifs is 2. The fourth-order valence-electron chi connectivity index (χ4n) is 4.89. The highest BCUT2D eigenvalue weighted by atomic mass is 16.5. The molecule has 2 aromatic heterocycles. The average molecular weight is 460 g/mol. The lowest BCUT2D eigenvalue weighted by atomic mass is 9.90. The average Bonchev–Trinajstić information content (AvgIpc) is 3.26. The van der Waals surface area contributed by atoms with E-state index in [-0.39, 0.29) is 17.5 Å². The summed E-state index contributed by atoms with van der Waals surface area (Å²) in [6.45, 7) is 4.83. The standard InChI is InChI=1S/C26H29N5O3/c1-26(13-33-14-26)15-34-19-6-7-22-21(12-19)28-16-30(22)24-8-5-17-3-2-4-20(25(17)29-24)23-11-18(27)9-10-31(23)32/h2-8,12,16,18,23,32H,9-11,13-15,27H2,1H3. The van der Waals surface area contributed by atoms with Crippen molar-refractivity contribution < 1.29 is 14.7 Å². The molecular formula is C26H29N5O3. The van der Waals surface area contributed by atoms with Gasteiger partial charge in [0.2, 0.25) is 0 Å². The predicted octanol–water partition coefficient (Wildman–Crippen LogP) is 3.84. The van der Waals surface area contributed by atoms with Crippen LogP contribution in [0.2, 0.25) is 0 Å². The molecule has 6 rings (SSSR count). The topological polar surface area (TPSA) is 98.7 Å². The summed E-state index contributed by atoms with van der Waals surface area (Å²) >= 11 is 0. The van der Waals surface area contributed by atoms with Crippen LogP contribution in [0.25, 0.3) is 27.8 Å². The number of nitrogens with two attached hydrogens (primary N) is 1. The van der Waals surface area contributed by atoms with Gasteiger partial charge in [-0.1, -0.05) is 25.1 Å². The summed E-state index contributed by atoms with van der Waals surface area (Å²) in [6, 6.07) is 16.0. The van der Waals surface area contributed by atoms with Crippen LogP contribution < -0.4 is 10.5 Å². The Bertz CT molecular complexity index is 1350. The van der Waals surface area contributed by atoms with Gasteiger partial charge in [0.05, 0.1) is 42.4 Å². The molecular weight excluding hydrogens is 430 g/mol. The lowest BCUT2D eigenvalue weighted by Crippen LogP contribution is -2.44. The summed E-state index contributed by atoms with van der Waals surface area (Å²) in [4.78, 5) is 9.61. The number of rotatable bonds is 5. The largest absolute Gasteiger partial charge is 0.493 e. The third kappa shape index (κ3) is 3.82. The van der Waals surface area contributed by atoms with Gasteiger partial charge in [-0.15, -0.1) is 0 Å². The molecule has 2 unspecified atom stereocenters. The molecule has 0 saturated carbocycles. The number of hydrogen-bond donors (Lipinski definition) is 2. The first kappa shape index (κ1) is 21.5. The first-order valence-corrected chi connectivity index (χ1v) is 11.8. The highest BCUT2D eigenvalue weighted by Crippen LogP contribution is 2.34. The summed E-state index contributed by atoms with van der Waals surface area (Å²) in [7, 11) is 0. The molecule has 0 radical (unpaired) electrons. The fraction of sp³-hybridized carbons (Fsp3) is 0.385. The number of hydrogen-bond acceptors (Lipinski definition) is 7. The van der Waals surface area contributed by atoms with E-state index in [9.17, 15) is 5.21 Å². The van der Waals surface area contributed by atoms with Crippen molar-refractivity contribution in [3.63, 3.8) is 0 Å². The van der Waals surface area contributed by atoms with Gasteiger partial charge in [0.15, 0.2) is 0 Å². The number of aromatic nitrogens is 3. The minimum absolute atomic E-state index is 0.0697. The molecule has 0 amide bonds. The molecule has 4 heterocycles. The Balaban J connectivity index is 1.34. The van der Waals surface area contributed by atoms with Crippen molar-refractivity contribution in [2.24, 2.45) is 11.1 Å². The number of benzene rings is 2. The molecule has 8 heteroatoms. The van der Waals surface area contributed by atoms with Gasteiger partial charge in [0, 0.05) is 29.5 Å². The minimum atomic E-state index is -0.169. The molecule has 3 N–H and O–H groups in total. The molecule has 2 atom stereocenters. The maximum Gasteiger partial charge on any atom is 0.139 e. The van der Waals surface area contributed by atoms with Gasteiger partial charge in [0.1, 0.15) is 17.9 Å². The van der Waals surface area contributed by atoms with Crippen LogP contribution in [0.15, 0.2) is 54.9 Å². The van der Waals surface area contributed by atoms with Gasteiger partial charge < -0.3 is 20.4 Å². The third-order valence-electron chi connectivity index (χ3n) is 6.96. The van der Waals surface area contributed by atoms with Crippen molar-refractivity contribution in [3.05, 3.63) is 60.4 Å². The van der Waals surface area contributed by atoms with Crippen molar-refractivity contribution in [1.29, 1.82) is 0 Å². The van der Waals surface area contributed by atoms with Gasteiger partial charge in [-0.3, -0.25) is 4.57 Å². The minimum Gasteiger partial charge on any atom is -0.493 e. The third-order valence-corrected chi connectivity index (χ3v) is 6.96. The van der Waals surface area contributed by atoms with Gasteiger partial charge >= 0.3 is 0 Å². The first-order chi connectivity index (χ1) is 16.5. The summed E-state index contributed by atoms with van der Waals surface area (Å²) in [6.07, 6.45) is 3.28. The fourth-order valence-corrected chi connectivity index (χ4v) is 4.89. The van der Waals surface area contributed by atoms with E-state index in [1.807, 2.05) is 47.0 Å². The number of ether oxygens (including phenoxy) is 2. The van der Waals surface area contributed by atoms with Crippen LogP contribution in [-0.4, -0.2) is 57.2 Å². The molecule has 0 aliphatic carbocycles. The Morgan fingerprint density at radius 1 is 1.21 bits per heavy atom. The molecule has 2 fully saturated rings. The van der Waals surface area contributed by atoms with E-state index in [4.69, 9.17) is 20.2 Å². The van der Waals surface area contributed by atoms with Crippen LogP contribution >= 0.6 is 0 Å². The van der Waals surface area contributed by atoms with Crippen molar-refractivity contribution >= 4 is 21.9 Å². The smallest absolute Gasteiger partial charge is 0.139 e. The molecule has 4 aromatic rings. The number of hydroxylamine groups is 2. The van der Waals surface area contributed by atoms with Crippen LogP contribution in [0.3, 0.4) is 0 Å². The Morgan fingerprint density at radius 2 is 2.09 bits per heavy atom. The zero-order valence-electron chi connectivity index (χ0n) is 19.2. The Hall–Kier alpha value is -3.04. The highest BCUT2D eigenvalue weighted by Gasteiger charge is 2.34. The summed E-state index contributed by atoms with van der Waals surface area (Å²) < 4.78 is 13.3.